The minimum Gasteiger partial charge on any atom is -0.338 e. The van der Waals surface area contributed by atoms with E-state index in [2.05, 4.69) is 15.2 Å². The third kappa shape index (κ3) is 0.703. The number of nitriles is 1. The second-order valence-corrected chi connectivity index (χ2v) is 2.20. The lowest BCUT2D eigenvalue weighted by atomic mass is 10.3. The van der Waals surface area contributed by atoms with Crippen LogP contribution in [0.2, 0.25) is 0 Å². The van der Waals surface area contributed by atoms with Crippen molar-refractivity contribution < 1.29 is 0 Å². The second-order valence-electron chi connectivity index (χ2n) is 2.20. The zero-order valence-electron chi connectivity index (χ0n) is 5.97. The standard InChI is InChI=1S/C6H4N6/c7-1-4-6-5(11-10-4)2-9-3-12(6)8/h2-3H,8H2. The minimum atomic E-state index is 0.218. The van der Waals surface area contributed by atoms with Crippen LogP contribution in [-0.4, -0.2) is 19.9 Å². The van der Waals surface area contributed by atoms with Gasteiger partial charge in [-0.25, -0.2) is 9.66 Å². The molecule has 0 amide bonds. The zero-order chi connectivity index (χ0) is 8.55. The maximum Gasteiger partial charge on any atom is 0.190 e. The van der Waals surface area contributed by atoms with Gasteiger partial charge in [0.05, 0.1) is 6.20 Å². The van der Waals surface area contributed by atoms with E-state index in [1.807, 2.05) is 6.07 Å². The van der Waals surface area contributed by atoms with Crippen LogP contribution < -0.4 is 5.84 Å². The maximum atomic E-state index is 8.61. The van der Waals surface area contributed by atoms with Gasteiger partial charge < -0.3 is 5.84 Å². The third-order valence-corrected chi connectivity index (χ3v) is 1.48. The van der Waals surface area contributed by atoms with Crippen LogP contribution in [0.1, 0.15) is 5.69 Å². The van der Waals surface area contributed by atoms with Gasteiger partial charge in [-0.3, -0.25) is 0 Å². The summed E-state index contributed by atoms with van der Waals surface area (Å²) in [6, 6.07) is 1.89. The van der Waals surface area contributed by atoms with Crippen molar-refractivity contribution in [2.45, 2.75) is 0 Å². The largest absolute Gasteiger partial charge is 0.338 e. The fourth-order valence-electron chi connectivity index (χ4n) is 0.970. The Kier molecular flexibility index (Phi) is 1.18. The van der Waals surface area contributed by atoms with Gasteiger partial charge in [-0.2, -0.15) is 5.26 Å². The smallest absolute Gasteiger partial charge is 0.190 e. The van der Waals surface area contributed by atoms with Crippen molar-refractivity contribution in [1.82, 2.24) is 19.9 Å². The summed E-state index contributed by atoms with van der Waals surface area (Å²) in [7, 11) is 0. The first-order valence-electron chi connectivity index (χ1n) is 3.17. The van der Waals surface area contributed by atoms with E-state index in [1.54, 1.807) is 0 Å². The average molecular weight is 160 g/mol. The molecule has 2 aliphatic rings. The Labute approximate surface area is 67.6 Å². The molecule has 6 heteroatoms. The van der Waals surface area contributed by atoms with E-state index in [0.717, 1.165) is 0 Å². The van der Waals surface area contributed by atoms with Gasteiger partial charge in [0, 0.05) is 0 Å². The highest BCUT2D eigenvalue weighted by atomic mass is 15.3. The summed E-state index contributed by atoms with van der Waals surface area (Å²) in [5, 5.41) is 15.9. The molecule has 0 aromatic carbocycles. The predicted octanol–water partition coefficient (Wildman–Crippen LogP) is -0.637. The predicted molar refractivity (Wildman–Crippen MR) is 39.3 cm³/mol. The number of fused-ring (bicyclic) bond motifs is 1. The van der Waals surface area contributed by atoms with Crippen LogP contribution in [0.15, 0.2) is 12.5 Å². The fourth-order valence-corrected chi connectivity index (χ4v) is 0.970. The van der Waals surface area contributed by atoms with Crippen molar-refractivity contribution in [3.63, 3.8) is 0 Å². The Balaban J connectivity index is 2.82. The van der Waals surface area contributed by atoms with Gasteiger partial charge >= 0.3 is 0 Å². The Morgan fingerprint density at radius 1 is 1.50 bits per heavy atom. The number of nitrogens with two attached hydrogens (primary N) is 1. The van der Waals surface area contributed by atoms with Gasteiger partial charge in [0.25, 0.3) is 0 Å². The van der Waals surface area contributed by atoms with Gasteiger partial charge in [-0.05, 0) is 0 Å². The molecule has 0 saturated heterocycles. The molecular formula is C6H4N6. The van der Waals surface area contributed by atoms with Crippen LogP contribution in [0.5, 0.6) is 0 Å². The lowest BCUT2D eigenvalue weighted by Crippen LogP contribution is -2.12. The zero-order valence-corrected chi connectivity index (χ0v) is 5.97. The topological polar surface area (TPSA) is 93.4 Å². The molecule has 0 aromatic heterocycles. The third-order valence-electron chi connectivity index (χ3n) is 1.48. The molecule has 0 atom stereocenters. The fraction of sp³-hybridized carbons (Fsp3) is 0. The van der Waals surface area contributed by atoms with Crippen LogP contribution >= 0.6 is 0 Å². The highest BCUT2D eigenvalue weighted by molar-refractivity contribution is 5.61. The highest BCUT2D eigenvalue weighted by Gasteiger charge is 2.15. The van der Waals surface area contributed by atoms with E-state index in [-0.39, 0.29) is 5.69 Å². The lowest BCUT2D eigenvalue weighted by molar-refractivity contribution is 0.938. The summed E-state index contributed by atoms with van der Waals surface area (Å²) < 4.78 is 1.23. The van der Waals surface area contributed by atoms with Crippen LogP contribution in [-0.2, 0) is 0 Å². The molecule has 0 spiro atoms. The SMILES string of the molecule is N#Cc1nnc2cncn(N)c1-2. The second kappa shape index (κ2) is 2.17. The molecule has 0 radical (unpaired) electrons. The summed E-state index contributed by atoms with van der Waals surface area (Å²) in [5.74, 6) is 5.50. The number of rotatable bonds is 0. The summed E-state index contributed by atoms with van der Waals surface area (Å²) in [6.45, 7) is 0. The molecule has 0 aliphatic carbocycles. The molecule has 12 heavy (non-hydrogen) atoms. The Morgan fingerprint density at radius 3 is 3.08 bits per heavy atom. The van der Waals surface area contributed by atoms with Crippen LogP contribution in [0.3, 0.4) is 0 Å². The first-order valence-corrected chi connectivity index (χ1v) is 3.17. The van der Waals surface area contributed by atoms with E-state index in [9.17, 15) is 0 Å². The maximum absolute atomic E-state index is 8.61. The van der Waals surface area contributed by atoms with Crippen molar-refractivity contribution in [1.29, 1.82) is 5.26 Å². The minimum absolute atomic E-state index is 0.218. The molecule has 2 rings (SSSR count). The van der Waals surface area contributed by atoms with Gasteiger partial charge in [-0.15, -0.1) is 10.2 Å². The molecule has 0 aromatic rings. The molecule has 2 N–H and O–H groups in total. The lowest BCUT2D eigenvalue weighted by Gasteiger charge is -2.01. The van der Waals surface area contributed by atoms with Crippen molar-refractivity contribution in [2.75, 3.05) is 5.84 Å². The Bertz CT molecular complexity index is 424. The molecule has 0 fully saturated rings. The highest BCUT2D eigenvalue weighted by Crippen LogP contribution is 2.18. The van der Waals surface area contributed by atoms with Crippen molar-refractivity contribution >= 4 is 0 Å². The Hall–Kier alpha value is -2.16. The van der Waals surface area contributed by atoms with Crippen molar-refractivity contribution in [3.8, 4) is 17.5 Å². The van der Waals surface area contributed by atoms with Crippen molar-refractivity contribution in [3.05, 3.63) is 18.2 Å². The van der Waals surface area contributed by atoms with Crippen LogP contribution in [0, 0.1) is 11.3 Å². The molecule has 0 saturated carbocycles. The first kappa shape index (κ1) is 6.54. The summed E-state index contributed by atoms with van der Waals surface area (Å²) in [6.07, 6.45) is 2.90. The van der Waals surface area contributed by atoms with E-state index in [1.165, 1.54) is 17.2 Å². The van der Waals surface area contributed by atoms with Gasteiger partial charge in [0.2, 0.25) is 0 Å². The molecule has 0 bridgehead atoms. The summed E-state index contributed by atoms with van der Waals surface area (Å²) in [4.78, 5) is 3.79. The van der Waals surface area contributed by atoms with E-state index in [4.69, 9.17) is 11.1 Å². The normalized spacial score (nSPS) is 9.92. The number of hydrogen-bond acceptors (Lipinski definition) is 5. The van der Waals surface area contributed by atoms with E-state index < -0.39 is 0 Å². The van der Waals surface area contributed by atoms with E-state index in [0.29, 0.717) is 11.4 Å². The number of hydrogen-bond donors (Lipinski definition) is 1. The quantitative estimate of drug-likeness (QED) is 0.517. The molecule has 0 unspecified atom stereocenters. The Morgan fingerprint density at radius 2 is 2.33 bits per heavy atom. The van der Waals surface area contributed by atoms with Crippen LogP contribution in [0.4, 0.5) is 0 Å². The molecule has 2 aliphatic heterocycles. The monoisotopic (exact) mass is 160 g/mol. The average Bonchev–Trinajstić information content (AvgIpc) is 2.49. The first-order chi connectivity index (χ1) is 5.83. The van der Waals surface area contributed by atoms with Gasteiger partial charge in [0.1, 0.15) is 23.8 Å². The van der Waals surface area contributed by atoms with Crippen LogP contribution in [0.25, 0.3) is 11.4 Å². The van der Waals surface area contributed by atoms with Crippen molar-refractivity contribution in [2.24, 2.45) is 0 Å². The van der Waals surface area contributed by atoms with Gasteiger partial charge in [0.15, 0.2) is 5.69 Å². The number of aromatic nitrogens is 4. The molecule has 2 heterocycles. The summed E-state index contributed by atoms with van der Waals surface area (Å²) >= 11 is 0. The van der Waals surface area contributed by atoms with Gasteiger partial charge in [-0.1, -0.05) is 0 Å². The molecular weight excluding hydrogens is 156 g/mol. The summed E-state index contributed by atoms with van der Waals surface area (Å²) in [5.41, 5.74) is 1.25. The number of nitrogen functional groups attached to an aromatic ring is 1. The number of nitrogens with zero attached hydrogens (tertiary/aromatic N) is 5. The molecule has 6 nitrogen and oxygen atoms in total. The van der Waals surface area contributed by atoms with E-state index >= 15 is 0 Å². The molecule has 58 valence electrons.